The zero-order chi connectivity index (χ0) is 16.2. The van der Waals surface area contributed by atoms with Gasteiger partial charge in [0.15, 0.2) is 5.82 Å². The Morgan fingerprint density at radius 1 is 0.826 bits per heavy atom. The third-order valence-corrected chi connectivity index (χ3v) is 4.10. The van der Waals surface area contributed by atoms with Gasteiger partial charge in [0.25, 0.3) is 0 Å². The summed E-state index contributed by atoms with van der Waals surface area (Å²) in [6, 6.07) is 18.5. The maximum absolute atomic E-state index is 6.07. The largest absolute Gasteiger partial charge is 0.226 e. The van der Waals surface area contributed by atoms with Crippen LogP contribution in [0.5, 0.6) is 0 Å². The summed E-state index contributed by atoms with van der Waals surface area (Å²) in [6.45, 7) is 4.20. The lowest BCUT2D eigenvalue weighted by molar-refractivity contribution is 0.673. The molecule has 3 rings (SSSR count). The van der Waals surface area contributed by atoms with E-state index in [0.29, 0.717) is 5.82 Å². The Kier molecular flexibility index (Phi) is 4.68. The number of halogens is 1. The van der Waals surface area contributed by atoms with Crippen LogP contribution in [0, 0.1) is 0 Å². The molecule has 0 saturated heterocycles. The van der Waals surface area contributed by atoms with Crippen LogP contribution in [0.4, 0.5) is 0 Å². The van der Waals surface area contributed by atoms with E-state index in [1.54, 1.807) is 0 Å². The van der Waals surface area contributed by atoms with E-state index in [2.05, 4.69) is 53.1 Å². The van der Waals surface area contributed by atoms with E-state index in [1.165, 1.54) is 5.56 Å². The van der Waals surface area contributed by atoms with E-state index in [9.17, 15) is 0 Å². The normalized spacial score (nSPS) is 12.1. The molecule has 0 radical (unpaired) electrons. The highest BCUT2D eigenvalue weighted by Gasteiger charge is 2.12. The van der Waals surface area contributed by atoms with Gasteiger partial charge in [-0.1, -0.05) is 68.4 Å². The third kappa shape index (κ3) is 3.57. The Morgan fingerprint density at radius 2 is 1.43 bits per heavy atom. The molecule has 0 fully saturated rings. The molecule has 116 valence electrons. The minimum atomic E-state index is 0.248. The van der Waals surface area contributed by atoms with Gasteiger partial charge in [0.1, 0.15) is 5.82 Å². The Labute approximate surface area is 141 Å². The molecular weight excluding hydrogens is 306 g/mol. The Morgan fingerprint density at radius 3 is 2.09 bits per heavy atom. The fourth-order valence-corrected chi connectivity index (χ4v) is 2.51. The quantitative estimate of drug-likeness (QED) is 0.647. The fraction of sp³-hybridized carbons (Fsp3) is 0.211. The van der Waals surface area contributed by atoms with Gasteiger partial charge in [0.05, 0.1) is 0 Å². The van der Waals surface area contributed by atoms with Gasteiger partial charge < -0.3 is 0 Å². The van der Waals surface area contributed by atoms with Crippen molar-refractivity contribution in [2.45, 2.75) is 26.2 Å². The summed E-state index contributed by atoms with van der Waals surface area (Å²) in [4.78, 5) is 13.1. The molecule has 0 bridgehead atoms. The van der Waals surface area contributed by atoms with E-state index in [0.717, 1.165) is 23.4 Å². The minimum Gasteiger partial charge on any atom is -0.213 e. The van der Waals surface area contributed by atoms with Crippen LogP contribution in [0.2, 0.25) is 5.28 Å². The first-order valence-corrected chi connectivity index (χ1v) is 8.12. The molecule has 0 aliphatic rings. The topological polar surface area (TPSA) is 38.7 Å². The first-order valence-electron chi connectivity index (χ1n) is 7.74. The Hall–Kier alpha value is -2.26. The lowest BCUT2D eigenvalue weighted by Crippen LogP contribution is -2.04. The van der Waals surface area contributed by atoms with Gasteiger partial charge in [-0.3, -0.25) is 0 Å². The number of rotatable bonds is 4. The zero-order valence-corrected chi connectivity index (χ0v) is 14.0. The minimum absolute atomic E-state index is 0.248. The molecule has 0 amide bonds. The van der Waals surface area contributed by atoms with Gasteiger partial charge in [-0.15, -0.1) is 0 Å². The van der Waals surface area contributed by atoms with Crippen LogP contribution in [0.1, 0.15) is 32.0 Å². The van der Waals surface area contributed by atoms with Gasteiger partial charge in [-0.25, -0.2) is 9.97 Å². The van der Waals surface area contributed by atoms with E-state index < -0.39 is 0 Å². The molecule has 3 aromatic rings. The van der Waals surface area contributed by atoms with Crippen molar-refractivity contribution in [3.63, 3.8) is 0 Å². The molecule has 1 aromatic heterocycles. The van der Waals surface area contributed by atoms with Crippen molar-refractivity contribution in [1.29, 1.82) is 0 Å². The second-order valence-corrected chi connectivity index (χ2v) is 5.88. The highest BCUT2D eigenvalue weighted by Crippen LogP contribution is 2.24. The fourth-order valence-electron chi connectivity index (χ4n) is 2.34. The smallest absolute Gasteiger partial charge is 0.213 e. The summed E-state index contributed by atoms with van der Waals surface area (Å²) in [5.41, 5.74) is 3.29. The second kappa shape index (κ2) is 6.88. The molecule has 4 heteroatoms. The summed E-state index contributed by atoms with van der Waals surface area (Å²) in [6.07, 6.45) is 0.965. The van der Waals surface area contributed by atoms with Crippen LogP contribution in [0.3, 0.4) is 0 Å². The highest BCUT2D eigenvalue weighted by atomic mass is 35.5. The molecule has 1 atom stereocenters. The summed E-state index contributed by atoms with van der Waals surface area (Å²) in [5.74, 6) is 1.63. The van der Waals surface area contributed by atoms with E-state index in [1.807, 2.05) is 30.3 Å². The molecule has 23 heavy (non-hydrogen) atoms. The zero-order valence-electron chi connectivity index (χ0n) is 13.2. The highest BCUT2D eigenvalue weighted by molar-refractivity contribution is 6.28. The average Bonchev–Trinajstić information content (AvgIpc) is 2.61. The molecule has 2 aromatic carbocycles. The van der Waals surface area contributed by atoms with Crippen molar-refractivity contribution in [1.82, 2.24) is 15.0 Å². The summed E-state index contributed by atoms with van der Waals surface area (Å²) in [5, 5.41) is 0.248. The maximum Gasteiger partial charge on any atom is 0.226 e. The standard InChI is InChI=1S/C19H18ClN3/c1-3-13(2)17-21-18(23-19(20)22-17)16-11-9-15(10-12-16)14-7-5-4-6-8-14/h4-13H,3H2,1-2H3. The second-order valence-electron chi connectivity index (χ2n) is 5.54. The van der Waals surface area contributed by atoms with Crippen molar-refractivity contribution in [3.05, 3.63) is 65.7 Å². The van der Waals surface area contributed by atoms with Crippen molar-refractivity contribution < 1.29 is 0 Å². The predicted molar refractivity (Wildman–Crippen MR) is 94.4 cm³/mol. The molecule has 1 unspecified atom stereocenters. The Balaban J connectivity index is 1.95. The van der Waals surface area contributed by atoms with Crippen LogP contribution < -0.4 is 0 Å². The van der Waals surface area contributed by atoms with Crippen LogP contribution in [0.15, 0.2) is 54.6 Å². The SMILES string of the molecule is CCC(C)c1nc(Cl)nc(-c2ccc(-c3ccccc3)cc2)n1. The summed E-state index contributed by atoms with van der Waals surface area (Å²) in [7, 11) is 0. The molecular formula is C19H18ClN3. The number of aromatic nitrogens is 3. The molecule has 0 aliphatic carbocycles. The van der Waals surface area contributed by atoms with Crippen molar-refractivity contribution in [3.8, 4) is 22.5 Å². The first-order chi connectivity index (χ1) is 11.2. The lowest BCUT2D eigenvalue weighted by Gasteiger charge is -2.09. The molecule has 1 heterocycles. The average molecular weight is 324 g/mol. The van der Waals surface area contributed by atoms with Gasteiger partial charge >= 0.3 is 0 Å². The Bertz CT molecular complexity index is 785. The van der Waals surface area contributed by atoms with E-state index >= 15 is 0 Å². The maximum atomic E-state index is 6.07. The van der Waals surface area contributed by atoms with Gasteiger partial charge in [-0.05, 0) is 29.1 Å². The first kappa shape index (κ1) is 15.6. The molecule has 0 saturated carbocycles. The molecule has 0 spiro atoms. The van der Waals surface area contributed by atoms with Gasteiger partial charge in [0.2, 0.25) is 5.28 Å². The van der Waals surface area contributed by atoms with Crippen LogP contribution in [-0.2, 0) is 0 Å². The van der Waals surface area contributed by atoms with Gasteiger partial charge in [0, 0.05) is 11.5 Å². The number of hydrogen-bond acceptors (Lipinski definition) is 3. The van der Waals surface area contributed by atoms with Crippen LogP contribution in [-0.4, -0.2) is 15.0 Å². The van der Waals surface area contributed by atoms with E-state index in [4.69, 9.17) is 11.6 Å². The number of benzene rings is 2. The van der Waals surface area contributed by atoms with Gasteiger partial charge in [-0.2, -0.15) is 4.98 Å². The van der Waals surface area contributed by atoms with Crippen LogP contribution >= 0.6 is 11.6 Å². The summed E-state index contributed by atoms with van der Waals surface area (Å²) < 4.78 is 0. The predicted octanol–water partition coefficient (Wildman–Crippen LogP) is 5.37. The van der Waals surface area contributed by atoms with Crippen LogP contribution in [0.25, 0.3) is 22.5 Å². The van der Waals surface area contributed by atoms with Crippen molar-refractivity contribution in [2.75, 3.05) is 0 Å². The monoisotopic (exact) mass is 323 g/mol. The lowest BCUT2D eigenvalue weighted by atomic mass is 10.0. The van der Waals surface area contributed by atoms with Crippen molar-refractivity contribution >= 4 is 11.6 Å². The molecule has 0 aliphatic heterocycles. The number of hydrogen-bond donors (Lipinski definition) is 0. The summed E-state index contributed by atoms with van der Waals surface area (Å²) >= 11 is 6.07. The molecule has 0 N–H and O–H groups in total. The van der Waals surface area contributed by atoms with Crippen molar-refractivity contribution in [2.24, 2.45) is 0 Å². The number of nitrogens with zero attached hydrogens (tertiary/aromatic N) is 3. The van der Waals surface area contributed by atoms with E-state index in [-0.39, 0.29) is 11.2 Å². The molecule has 3 nitrogen and oxygen atoms in total. The third-order valence-electron chi connectivity index (χ3n) is 3.93.